The molecule has 0 amide bonds. The molecule has 0 saturated carbocycles. The predicted octanol–water partition coefficient (Wildman–Crippen LogP) is 1.51. The third-order valence-corrected chi connectivity index (χ3v) is 3.07. The number of nitrogens with zero attached hydrogens (tertiary/aromatic N) is 1. The Morgan fingerprint density at radius 3 is 2.83 bits per heavy atom. The van der Waals surface area contributed by atoms with Crippen LogP contribution in [-0.4, -0.2) is 26.8 Å². The number of aromatic nitrogens is 1. The van der Waals surface area contributed by atoms with Crippen LogP contribution < -0.4 is 5.73 Å². The van der Waals surface area contributed by atoms with Crippen LogP contribution >= 0.6 is 0 Å². The molecule has 2 atom stereocenters. The normalized spacial score (nSPS) is 14.4. The molecule has 0 fully saturated rings. The van der Waals surface area contributed by atoms with E-state index in [1.54, 1.807) is 0 Å². The summed E-state index contributed by atoms with van der Waals surface area (Å²) in [6.45, 7) is 2.72. The second-order valence-electron chi connectivity index (χ2n) is 4.49. The summed E-state index contributed by atoms with van der Waals surface area (Å²) in [6, 6.07) is 3.06. The molecule has 4 N–H and O–H groups in total. The van der Waals surface area contributed by atoms with Gasteiger partial charge in [-0.1, -0.05) is 6.92 Å². The molecule has 1 rings (SSSR count). The number of aryl methyl sites for hydroxylation is 1. The summed E-state index contributed by atoms with van der Waals surface area (Å²) in [4.78, 5) is 10.5. The Kier molecular flexibility index (Phi) is 5.88. The minimum absolute atomic E-state index is 0.429. The van der Waals surface area contributed by atoms with E-state index in [1.807, 2.05) is 29.8 Å². The number of hydrogen-bond donors (Lipinski definition) is 3. The zero-order valence-corrected chi connectivity index (χ0v) is 10.7. The summed E-state index contributed by atoms with van der Waals surface area (Å²) in [6.07, 6.45) is 4.31. The van der Waals surface area contributed by atoms with E-state index in [9.17, 15) is 9.90 Å². The van der Waals surface area contributed by atoms with Gasteiger partial charge in [0.1, 0.15) is 6.04 Å². The number of aliphatic carboxylic acids is 1. The molecule has 1 aromatic rings. The Hall–Kier alpha value is -1.33. The number of aliphatic hydroxyl groups excluding tert-OH is 1. The van der Waals surface area contributed by atoms with Gasteiger partial charge in [-0.25, -0.2) is 0 Å². The van der Waals surface area contributed by atoms with E-state index >= 15 is 0 Å². The standard InChI is InChI=1S/C13H22N2O3/c1-2-12(16)11-7-5-9-15(11)8-4-3-6-10(14)13(17)18/h5,7,9-10,12,16H,2-4,6,8,14H2,1H3,(H,17,18). The lowest BCUT2D eigenvalue weighted by molar-refractivity contribution is -0.138. The highest BCUT2D eigenvalue weighted by atomic mass is 16.4. The highest BCUT2D eigenvalue weighted by Gasteiger charge is 2.11. The van der Waals surface area contributed by atoms with Crippen molar-refractivity contribution in [2.75, 3.05) is 0 Å². The van der Waals surface area contributed by atoms with Crippen LogP contribution in [0, 0.1) is 0 Å². The number of carboxylic acids is 1. The Balaban J connectivity index is 2.36. The van der Waals surface area contributed by atoms with Crippen molar-refractivity contribution < 1.29 is 15.0 Å². The zero-order chi connectivity index (χ0) is 13.5. The van der Waals surface area contributed by atoms with E-state index in [0.29, 0.717) is 12.8 Å². The Morgan fingerprint density at radius 1 is 1.50 bits per heavy atom. The highest BCUT2D eigenvalue weighted by Crippen LogP contribution is 2.17. The molecule has 102 valence electrons. The van der Waals surface area contributed by atoms with E-state index in [0.717, 1.165) is 25.1 Å². The molecule has 1 aromatic heterocycles. The van der Waals surface area contributed by atoms with Crippen molar-refractivity contribution in [3.8, 4) is 0 Å². The van der Waals surface area contributed by atoms with Crippen molar-refractivity contribution >= 4 is 5.97 Å². The summed E-state index contributed by atoms with van der Waals surface area (Å²) in [5.74, 6) is -0.946. The Bertz CT molecular complexity index is 376. The summed E-state index contributed by atoms with van der Waals surface area (Å²) in [5.41, 5.74) is 6.35. The molecule has 0 spiro atoms. The average Bonchev–Trinajstić information content (AvgIpc) is 2.81. The van der Waals surface area contributed by atoms with Gasteiger partial charge in [0, 0.05) is 18.4 Å². The van der Waals surface area contributed by atoms with Gasteiger partial charge in [0.05, 0.1) is 6.10 Å². The fraction of sp³-hybridized carbons (Fsp3) is 0.615. The number of aliphatic hydroxyl groups is 1. The van der Waals surface area contributed by atoms with Crippen molar-refractivity contribution in [2.45, 2.75) is 51.3 Å². The monoisotopic (exact) mass is 254 g/mol. The second-order valence-corrected chi connectivity index (χ2v) is 4.49. The van der Waals surface area contributed by atoms with Crippen LogP contribution in [0.5, 0.6) is 0 Å². The first-order chi connectivity index (χ1) is 8.56. The molecule has 1 heterocycles. The van der Waals surface area contributed by atoms with Crippen LogP contribution in [0.3, 0.4) is 0 Å². The van der Waals surface area contributed by atoms with E-state index in [2.05, 4.69) is 0 Å². The molecular formula is C13H22N2O3. The van der Waals surface area contributed by atoms with Crippen LogP contribution in [0.2, 0.25) is 0 Å². The van der Waals surface area contributed by atoms with Crippen molar-refractivity contribution in [1.82, 2.24) is 4.57 Å². The Labute approximate surface area is 107 Å². The van der Waals surface area contributed by atoms with Crippen LogP contribution in [0.4, 0.5) is 0 Å². The molecule has 5 nitrogen and oxygen atoms in total. The predicted molar refractivity (Wildman–Crippen MR) is 69.1 cm³/mol. The molecular weight excluding hydrogens is 232 g/mol. The molecule has 0 radical (unpaired) electrons. The second kappa shape index (κ2) is 7.18. The lowest BCUT2D eigenvalue weighted by Gasteiger charge is -2.13. The maximum absolute atomic E-state index is 10.5. The van der Waals surface area contributed by atoms with Gasteiger partial charge in [0.15, 0.2) is 0 Å². The lowest BCUT2D eigenvalue weighted by Crippen LogP contribution is -2.29. The van der Waals surface area contributed by atoms with Crippen LogP contribution in [0.1, 0.15) is 44.4 Å². The van der Waals surface area contributed by atoms with E-state index in [4.69, 9.17) is 10.8 Å². The summed E-state index contributed by atoms with van der Waals surface area (Å²) in [7, 11) is 0. The van der Waals surface area contributed by atoms with Crippen molar-refractivity contribution in [1.29, 1.82) is 0 Å². The third-order valence-electron chi connectivity index (χ3n) is 3.07. The molecule has 0 aliphatic carbocycles. The van der Waals surface area contributed by atoms with E-state index < -0.39 is 18.1 Å². The van der Waals surface area contributed by atoms with E-state index in [1.165, 1.54) is 0 Å². The first kappa shape index (κ1) is 14.7. The number of nitrogens with two attached hydrogens (primary N) is 1. The molecule has 0 aliphatic rings. The van der Waals surface area contributed by atoms with Crippen LogP contribution in [0.25, 0.3) is 0 Å². The zero-order valence-electron chi connectivity index (χ0n) is 10.7. The van der Waals surface area contributed by atoms with Crippen LogP contribution in [0.15, 0.2) is 18.3 Å². The van der Waals surface area contributed by atoms with Crippen molar-refractivity contribution in [3.63, 3.8) is 0 Å². The molecule has 0 aromatic carbocycles. The van der Waals surface area contributed by atoms with Crippen molar-refractivity contribution in [3.05, 3.63) is 24.0 Å². The van der Waals surface area contributed by atoms with Gasteiger partial charge in [0.25, 0.3) is 0 Å². The number of carboxylic acid groups (broad SMARTS) is 1. The first-order valence-corrected chi connectivity index (χ1v) is 6.37. The van der Waals surface area contributed by atoms with E-state index in [-0.39, 0.29) is 0 Å². The fourth-order valence-electron chi connectivity index (χ4n) is 1.91. The van der Waals surface area contributed by atoms with Crippen molar-refractivity contribution in [2.24, 2.45) is 5.73 Å². The van der Waals surface area contributed by atoms with Gasteiger partial charge in [-0.3, -0.25) is 4.79 Å². The Morgan fingerprint density at radius 2 is 2.22 bits per heavy atom. The first-order valence-electron chi connectivity index (χ1n) is 6.37. The lowest BCUT2D eigenvalue weighted by atomic mass is 10.1. The molecule has 0 bridgehead atoms. The molecule has 5 heteroatoms. The average molecular weight is 254 g/mol. The van der Waals surface area contributed by atoms with Gasteiger partial charge in [-0.2, -0.15) is 0 Å². The molecule has 2 unspecified atom stereocenters. The smallest absolute Gasteiger partial charge is 0.320 e. The van der Waals surface area contributed by atoms with Gasteiger partial charge >= 0.3 is 5.97 Å². The number of unbranched alkanes of at least 4 members (excludes halogenated alkanes) is 1. The topological polar surface area (TPSA) is 88.5 Å². The summed E-state index contributed by atoms with van der Waals surface area (Å²) < 4.78 is 2.01. The summed E-state index contributed by atoms with van der Waals surface area (Å²) in [5, 5.41) is 18.4. The fourth-order valence-corrected chi connectivity index (χ4v) is 1.91. The minimum Gasteiger partial charge on any atom is -0.480 e. The highest BCUT2D eigenvalue weighted by molar-refractivity contribution is 5.72. The van der Waals surface area contributed by atoms with Gasteiger partial charge in [0.2, 0.25) is 0 Å². The SMILES string of the molecule is CCC(O)c1cccn1CCCCC(N)C(=O)O. The molecule has 0 aliphatic heterocycles. The maximum atomic E-state index is 10.5. The number of hydrogen-bond acceptors (Lipinski definition) is 3. The van der Waals surface area contributed by atoms with Gasteiger partial charge < -0.3 is 20.5 Å². The van der Waals surface area contributed by atoms with Crippen LogP contribution in [-0.2, 0) is 11.3 Å². The quantitative estimate of drug-likeness (QED) is 0.614. The van der Waals surface area contributed by atoms with Gasteiger partial charge in [-0.05, 0) is 37.8 Å². The van der Waals surface area contributed by atoms with Gasteiger partial charge in [-0.15, -0.1) is 0 Å². The summed E-state index contributed by atoms with van der Waals surface area (Å²) >= 11 is 0. The molecule has 0 saturated heterocycles. The number of carbonyl (C=O) groups is 1. The number of rotatable bonds is 8. The largest absolute Gasteiger partial charge is 0.480 e. The third kappa shape index (κ3) is 4.16. The molecule has 18 heavy (non-hydrogen) atoms. The maximum Gasteiger partial charge on any atom is 0.320 e. The minimum atomic E-state index is -0.946.